The number of nitrogens with one attached hydrogen (secondary N) is 1. The van der Waals surface area contributed by atoms with Crippen molar-refractivity contribution in [2.45, 2.75) is 6.54 Å². The number of hydrogen-bond donors (Lipinski definition) is 2. The number of phenolic OH excluding ortho intramolecular Hbond substituents is 1. The summed E-state index contributed by atoms with van der Waals surface area (Å²) in [6, 6.07) is 9.05. The van der Waals surface area contributed by atoms with Crippen LogP contribution in [0.1, 0.15) is 5.89 Å². The number of aromatic hydroxyl groups is 1. The Hall–Kier alpha value is -2.27. The molecule has 0 aliphatic heterocycles. The van der Waals surface area contributed by atoms with Crippen molar-refractivity contribution < 1.29 is 13.9 Å². The molecule has 4 nitrogen and oxygen atoms in total. The van der Waals surface area contributed by atoms with E-state index in [2.05, 4.69) is 10.3 Å². The minimum absolute atomic E-state index is 0.194. The van der Waals surface area contributed by atoms with Crippen LogP contribution in [0.25, 0.3) is 11.1 Å². The Morgan fingerprint density at radius 3 is 2.75 bits per heavy atom. The van der Waals surface area contributed by atoms with Gasteiger partial charge in [0, 0.05) is 11.8 Å². The smallest absolute Gasteiger partial charge is 0.214 e. The van der Waals surface area contributed by atoms with Crippen LogP contribution in [0.2, 0.25) is 5.02 Å². The number of benzene rings is 2. The summed E-state index contributed by atoms with van der Waals surface area (Å²) >= 11 is 5.89. The molecule has 0 saturated heterocycles. The molecule has 0 atom stereocenters. The number of anilines is 1. The van der Waals surface area contributed by atoms with Crippen molar-refractivity contribution in [1.82, 2.24) is 4.98 Å². The maximum atomic E-state index is 13.2. The second-order valence-corrected chi connectivity index (χ2v) is 4.65. The molecule has 1 aromatic heterocycles. The van der Waals surface area contributed by atoms with Crippen molar-refractivity contribution in [3.8, 4) is 5.75 Å². The standard InChI is InChI=1S/C14H10ClFN2O2/c15-11-5-8(16)6-12-14(11)20-13(18-12)7-17-9-1-3-10(19)4-2-9/h1-6,17,19H,7H2. The molecule has 1 heterocycles. The summed E-state index contributed by atoms with van der Waals surface area (Å²) in [5.74, 6) is 0.147. The number of hydrogen-bond acceptors (Lipinski definition) is 4. The molecule has 0 spiro atoms. The van der Waals surface area contributed by atoms with Gasteiger partial charge in [0.2, 0.25) is 5.89 Å². The lowest BCUT2D eigenvalue weighted by molar-refractivity contribution is 0.475. The highest BCUT2D eigenvalue weighted by molar-refractivity contribution is 6.34. The van der Waals surface area contributed by atoms with Crippen molar-refractivity contribution in [3.63, 3.8) is 0 Å². The van der Waals surface area contributed by atoms with Crippen LogP contribution < -0.4 is 5.32 Å². The normalized spacial score (nSPS) is 10.9. The molecule has 102 valence electrons. The predicted octanol–water partition coefficient (Wildman–Crippen LogP) is 3.94. The summed E-state index contributed by atoms with van der Waals surface area (Å²) in [5, 5.41) is 12.5. The minimum atomic E-state index is -0.450. The Morgan fingerprint density at radius 2 is 2.00 bits per heavy atom. The first-order valence-electron chi connectivity index (χ1n) is 5.89. The van der Waals surface area contributed by atoms with Crippen molar-refractivity contribution in [1.29, 1.82) is 0 Å². The van der Waals surface area contributed by atoms with Crippen LogP contribution in [-0.2, 0) is 6.54 Å². The minimum Gasteiger partial charge on any atom is -0.508 e. The fourth-order valence-corrected chi connectivity index (χ4v) is 2.08. The Labute approximate surface area is 118 Å². The Balaban J connectivity index is 1.81. The summed E-state index contributed by atoms with van der Waals surface area (Å²) in [4.78, 5) is 4.16. The van der Waals surface area contributed by atoms with Gasteiger partial charge in [-0.25, -0.2) is 9.37 Å². The average molecular weight is 293 g/mol. The fraction of sp³-hybridized carbons (Fsp3) is 0.0714. The quantitative estimate of drug-likeness (QED) is 0.718. The lowest BCUT2D eigenvalue weighted by Crippen LogP contribution is -1.98. The summed E-state index contributed by atoms with van der Waals surface area (Å²) < 4.78 is 18.7. The van der Waals surface area contributed by atoms with Crippen LogP contribution >= 0.6 is 11.6 Å². The lowest BCUT2D eigenvalue weighted by Gasteiger charge is -2.02. The van der Waals surface area contributed by atoms with E-state index >= 15 is 0 Å². The van der Waals surface area contributed by atoms with Gasteiger partial charge < -0.3 is 14.8 Å². The molecule has 0 fully saturated rings. The lowest BCUT2D eigenvalue weighted by atomic mass is 10.3. The summed E-state index contributed by atoms with van der Waals surface area (Å²) in [7, 11) is 0. The number of oxazole rings is 1. The average Bonchev–Trinajstić information content (AvgIpc) is 2.81. The van der Waals surface area contributed by atoms with Gasteiger partial charge in [-0.1, -0.05) is 11.6 Å². The van der Waals surface area contributed by atoms with Crippen LogP contribution in [0, 0.1) is 5.82 Å². The third kappa shape index (κ3) is 2.53. The maximum absolute atomic E-state index is 13.2. The SMILES string of the molecule is Oc1ccc(NCc2nc3cc(F)cc(Cl)c3o2)cc1. The zero-order valence-corrected chi connectivity index (χ0v) is 11.0. The molecule has 0 saturated carbocycles. The van der Waals surface area contributed by atoms with E-state index < -0.39 is 5.82 Å². The van der Waals surface area contributed by atoms with Crippen LogP contribution in [-0.4, -0.2) is 10.1 Å². The highest BCUT2D eigenvalue weighted by atomic mass is 35.5. The molecule has 0 bridgehead atoms. The van der Waals surface area contributed by atoms with Crippen molar-refractivity contribution in [2.75, 3.05) is 5.32 Å². The molecular formula is C14H10ClFN2O2. The molecule has 3 rings (SSSR count). The second-order valence-electron chi connectivity index (χ2n) is 4.24. The van der Waals surface area contributed by atoms with Gasteiger partial charge in [-0.05, 0) is 30.3 Å². The van der Waals surface area contributed by atoms with Gasteiger partial charge in [0.25, 0.3) is 0 Å². The van der Waals surface area contributed by atoms with E-state index in [-0.39, 0.29) is 10.8 Å². The number of nitrogens with zero attached hydrogens (tertiary/aromatic N) is 1. The van der Waals surface area contributed by atoms with Crippen molar-refractivity contribution in [2.24, 2.45) is 0 Å². The number of fused-ring (bicyclic) bond motifs is 1. The number of halogens is 2. The molecule has 0 aliphatic carbocycles. The fourth-order valence-electron chi connectivity index (χ4n) is 1.84. The van der Waals surface area contributed by atoms with E-state index in [1.807, 2.05) is 0 Å². The van der Waals surface area contributed by atoms with E-state index in [1.165, 1.54) is 12.1 Å². The summed E-state index contributed by atoms with van der Waals surface area (Å²) in [6.07, 6.45) is 0. The van der Waals surface area contributed by atoms with Crippen molar-refractivity contribution in [3.05, 3.63) is 53.1 Å². The Morgan fingerprint density at radius 1 is 1.25 bits per heavy atom. The second kappa shape index (κ2) is 5.02. The van der Waals surface area contributed by atoms with Crippen LogP contribution in [0.5, 0.6) is 5.75 Å². The van der Waals surface area contributed by atoms with Crippen LogP contribution in [0.15, 0.2) is 40.8 Å². The monoisotopic (exact) mass is 292 g/mol. The third-order valence-electron chi connectivity index (χ3n) is 2.76. The Kier molecular flexibility index (Phi) is 3.20. The van der Waals surface area contributed by atoms with E-state index in [1.54, 1.807) is 24.3 Å². The maximum Gasteiger partial charge on any atom is 0.214 e. The topological polar surface area (TPSA) is 58.3 Å². The predicted molar refractivity (Wildman–Crippen MR) is 74.4 cm³/mol. The summed E-state index contributed by atoms with van der Waals surface area (Å²) in [5.41, 5.74) is 1.57. The van der Waals surface area contributed by atoms with Crippen molar-refractivity contribution >= 4 is 28.4 Å². The molecule has 0 aliphatic rings. The first-order chi connectivity index (χ1) is 9.61. The molecular weight excluding hydrogens is 283 g/mol. The highest BCUT2D eigenvalue weighted by Gasteiger charge is 2.10. The molecule has 3 aromatic rings. The number of aromatic nitrogens is 1. The first kappa shape index (κ1) is 12.7. The van der Waals surface area contributed by atoms with Gasteiger partial charge in [0.15, 0.2) is 5.58 Å². The summed E-state index contributed by atoms with van der Waals surface area (Å²) in [6.45, 7) is 0.331. The van der Waals surface area contributed by atoms with E-state index in [4.69, 9.17) is 16.0 Å². The molecule has 0 unspecified atom stereocenters. The van der Waals surface area contributed by atoms with Gasteiger partial charge in [-0.15, -0.1) is 0 Å². The van der Waals surface area contributed by atoms with Gasteiger partial charge in [-0.3, -0.25) is 0 Å². The van der Waals surface area contributed by atoms with Gasteiger partial charge in [0.1, 0.15) is 17.1 Å². The zero-order valence-electron chi connectivity index (χ0n) is 10.2. The Bertz CT molecular complexity index is 756. The molecule has 2 N–H and O–H groups in total. The first-order valence-corrected chi connectivity index (χ1v) is 6.27. The van der Waals surface area contributed by atoms with Crippen LogP contribution in [0.3, 0.4) is 0 Å². The number of phenols is 1. The van der Waals surface area contributed by atoms with Gasteiger partial charge in [-0.2, -0.15) is 0 Å². The largest absolute Gasteiger partial charge is 0.508 e. The third-order valence-corrected chi connectivity index (χ3v) is 3.05. The molecule has 0 amide bonds. The van der Waals surface area contributed by atoms with E-state index in [0.717, 1.165) is 5.69 Å². The molecule has 2 aromatic carbocycles. The number of rotatable bonds is 3. The van der Waals surface area contributed by atoms with E-state index in [9.17, 15) is 9.50 Å². The highest BCUT2D eigenvalue weighted by Crippen LogP contribution is 2.26. The molecule has 6 heteroatoms. The zero-order chi connectivity index (χ0) is 14.1. The molecule has 0 radical (unpaired) electrons. The molecule has 20 heavy (non-hydrogen) atoms. The van der Waals surface area contributed by atoms with Gasteiger partial charge in [0.05, 0.1) is 11.6 Å². The van der Waals surface area contributed by atoms with Gasteiger partial charge >= 0.3 is 0 Å². The van der Waals surface area contributed by atoms with E-state index in [0.29, 0.717) is 23.5 Å². The van der Waals surface area contributed by atoms with Crippen LogP contribution in [0.4, 0.5) is 10.1 Å².